The quantitative estimate of drug-likeness (QED) is 0.152. The van der Waals surface area contributed by atoms with Gasteiger partial charge in [-0.3, -0.25) is 14.5 Å². The Morgan fingerprint density at radius 3 is 2.61 bits per heavy atom. The molecule has 1 aromatic heterocycles. The number of quaternary nitrogens is 1. The summed E-state index contributed by atoms with van der Waals surface area (Å²) in [6.45, 7) is 3.50. The van der Waals surface area contributed by atoms with Crippen molar-refractivity contribution in [3.05, 3.63) is 22.3 Å². The minimum Gasteiger partial charge on any atom is -0.477 e. The maximum absolute atomic E-state index is 13.1. The first-order chi connectivity index (χ1) is 17.2. The number of fused-ring (bicyclic) bond motifs is 4. The standard InChI is InChI=1S/C22H28N6O6S2/c1-34-26-14(13-10-36-21(23)24-13)17(30)25-15-18(31)27-16(20(32)33)12(9-35-19(15)27)8-28-5-2-22(11-29,3-6-28)4-7-28/h10,15,19,29H,2-9,11H2,1H3,(H3-,23,24,25,30,32,33)/p+1/b26-14-/t15-,19-,22?,28?/m1/s1. The molecule has 5 aliphatic heterocycles. The molecule has 0 radical (unpaired) electrons. The van der Waals surface area contributed by atoms with Gasteiger partial charge in [-0.1, -0.05) is 5.16 Å². The fraction of sp³-hybridized carbons (Fsp3) is 0.591. The number of amides is 2. The van der Waals surface area contributed by atoms with Crippen LogP contribution in [0.1, 0.15) is 25.0 Å². The minimum absolute atomic E-state index is 0.0184. The highest BCUT2D eigenvalue weighted by Gasteiger charge is 2.56. The van der Waals surface area contributed by atoms with E-state index in [0.29, 0.717) is 12.3 Å². The number of nitrogens with zero attached hydrogens (tertiary/aromatic N) is 4. The van der Waals surface area contributed by atoms with Crippen LogP contribution in [0.25, 0.3) is 0 Å². The van der Waals surface area contributed by atoms with Crippen LogP contribution < -0.4 is 11.1 Å². The lowest BCUT2D eigenvalue weighted by Crippen LogP contribution is -2.71. The second-order valence-corrected chi connectivity index (χ2v) is 11.9. The molecule has 2 amide bonds. The molecule has 0 aliphatic carbocycles. The number of carbonyl (C=O) groups excluding carboxylic acids is 2. The van der Waals surface area contributed by atoms with Gasteiger partial charge >= 0.3 is 5.97 Å². The molecule has 1 aromatic rings. The van der Waals surface area contributed by atoms with Crippen molar-refractivity contribution in [1.82, 2.24) is 15.2 Å². The molecule has 14 heteroatoms. The van der Waals surface area contributed by atoms with Crippen molar-refractivity contribution in [1.29, 1.82) is 0 Å². The van der Waals surface area contributed by atoms with Gasteiger partial charge < -0.3 is 30.6 Å². The zero-order chi connectivity index (χ0) is 25.7. The van der Waals surface area contributed by atoms with Crippen molar-refractivity contribution < 1.29 is 33.9 Å². The zero-order valence-electron chi connectivity index (χ0n) is 19.8. The Labute approximate surface area is 215 Å². The number of anilines is 1. The predicted molar refractivity (Wildman–Crippen MR) is 133 cm³/mol. The fourth-order valence-electron chi connectivity index (χ4n) is 5.72. The van der Waals surface area contributed by atoms with Crippen LogP contribution in [-0.4, -0.2) is 105 Å². The second kappa shape index (κ2) is 9.32. The monoisotopic (exact) mass is 537 g/mol. The van der Waals surface area contributed by atoms with Crippen molar-refractivity contribution in [2.45, 2.75) is 30.7 Å². The van der Waals surface area contributed by atoms with Crippen molar-refractivity contribution in [3.8, 4) is 0 Å². The molecule has 4 fully saturated rings. The van der Waals surface area contributed by atoms with Crippen LogP contribution in [0.3, 0.4) is 0 Å². The second-order valence-electron chi connectivity index (χ2n) is 9.89. The fourth-order valence-corrected chi connectivity index (χ4v) is 7.60. The Morgan fingerprint density at radius 2 is 2.06 bits per heavy atom. The number of aliphatic carboxylic acids is 1. The Hall–Kier alpha value is -2.68. The number of carboxylic acid groups (broad SMARTS) is 1. The van der Waals surface area contributed by atoms with E-state index in [4.69, 9.17) is 10.6 Å². The van der Waals surface area contributed by atoms with E-state index in [-0.39, 0.29) is 34.3 Å². The first kappa shape index (κ1) is 25.0. The number of thiazole rings is 1. The highest BCUT2D eigenvalue weighted by atomic mass is 32.2. The number of nitrogens with one attached hydrogen (secondary N) is 1. The number of nitrogen functional groups attached to an aromatic ring is 1. The molecule has 2 atom stereocenters. The largest absolute Gasteiger partial charge is 0.477 e. The van der Waals surface area contributed by atoms with E-state index in [1.54, 1.807) is 5.38 Å². The molecule has 5 aliphatic rings. The average Bonchev–Trinajstić information content (AvgIpc) is 3.31. The van der Waals surface area contributed by atoms with Crippen LogP contribution in [0.2, 0.25) is 0 Å². The molecule has 4 saturated heterocycles. The molecule has 0 aromatic carbocycles. The molecule has 0 spiro atoms. The van der Waals surface area contributed by atoms with Crippen LogP contribution in [-0.2, 0) is 19.2 Å². The molecule has 2 bridgehead atoms. The highest BCUT2D eigenvalue weighted by Crippen LogP contribution is 2.46. The number of piperidine rings is 3. The van der Waals surface area contributed by atoms with Crippen molar-refractivity contribution in [3.63, 3.8) is 0 Å². The molecule has 36 heavy (non-hydrogen) atoms. The molecular formula is C22H29N6O6S2+. The molecule has 6 heterocycles. The summed E-state index contributed by atoms with van der Waals surface area (Å²) in [7, 11) is 1.29. The first-order valence-electron chi connectivity index (χ1n) is 11.7. The number of carbonyl (C=O) groups is 3. The van der Waals surface area contributed by atoms with Gasteiger partial charge in [0.25, 0.3) is 11.8 Å². The predicted octanol–water partition coefficient (Wildman–Crippen LogP) is -0.193. The topological polar surface area (TPSA) is 167 Å². The van der Waals surface area contributed by atoms with E-state index in [1.807, 2.05) is 0 Å². The van der Waals surface area contributed by atoms with Gasteiger partial charge in [0.1, 0.15) is 36.5 Å². The van der Waals surface area contributed by atoms with Crippen LogP contribution in [0, 0.1) is 5.41 Å². The molecule has 0 saturated carbocycles. The molecule has 0 unspecified atom stereocenters. The van der Waals surface area contributed by atoms with E-state index < -0.39 is 29.2 Å². The number of aliphatic hydroxyl groups excluding tert-OH is 1. The number of oxime groups is 1. The van der Waals surface area contributed by atoms with E-state index in [2.05, 4.69) is 15.5 Å². The Morgan fingerprint density at radius 1 is 1.36 bits per heavy atom. The molecule has 12 nitrogen and oxygen atoms in total. The third kappa shape index (κ3) is 4.15. The van der Waals surface area contributed by atoms with E-state index in [9.17, 15) is 24.6 Å². The van der Waals surface area contributed by atoms with E-state index >= 15 is 0 Å². The third-order valence-electron chi connectivity index (χ3n) is 7.91. The van der Waals surface area contributed by atoms with Crippen LogP contribution in [0.4, 0.5) is 5.13 Å². The Bertz CT molecular complexity index is 1140. The minimum atomic E-state index is -1.13. The maximum atomic E-state index is 13.1. The van der Waals surface area contributed by atoms with Gasteiger partial charge in [0, 0.05) is 48.0 Å². The van der Waals surface area contributed by atoms with Gasteiger partial charge in [0.2, 0.25) is 0 Å². The number of thioether (sulfide) groups is 1. The lowest BCUT2D eigenvalue weighted by Gasteiger charge is -2.55. The lowest BCUT2D eigenvalue weighted by atomic mass is 9.71. The van der Waals surface area contributed by atoms with Gasteiger partial charge in [-0.15, -0.1) is 23.1 Å². The average molecular weight is 538 g/mol. The maximum Gasteiger partial charge on any atom is 0.352 e. The van der Waals surface area contributed by atoms with Crippen LogP contribution in [0.5, 0.6) is 0 Å². The first-order valence-corrected chi connectivity index (χ1v) is 13.6. The smallest absolute Gasteiger partial charge is 0.352 e. The van der Waals surface area contributed by atoms with Gasteiger partial charge in [0.05, 0.1) is 19.6 Å². The van der Waals surface area contributed by atoms with E-state index in [1.165, 1.54) is 23.8 Å². The zero-order valence-corrected chi connectivity index (χ0v) is 21.4. The summed E-state index contributed by atoms with van der Waals surface area (Å²) in [5, 5.41) is 27.6. The number of hydrogen-bond acceptors (Lipinski definition) is 10. The lowest BCUT2D eigenvalue weighted by molar-refractivity contribution is -0.941. The summed E-state index contributed by atoms with van der Waals surface area (Å²) < 4.78 is 0.800. The number of carboxylic acids is 1. The SMILES string of the molecule is CO/N=C(\C(=O)N[C@@H]1C(=O)N2C(C(=O)O)=C(C[N+]34CCC(CO)(CC3)CC4)CS[C@H]12)c1csc(N)n1. The summed E-state index contributed by atoms with van der Waals surface area (Å²) >= 11 is 2.59. The number of rotatable bonds is 8. The van der Waals surface area contributed by atoms with Crippen molar-refractivity contribution in [2.75, 3.05) is 51.4 Å². The summed E-state index contributed by atoms with van der Waals surface area (Å²) in [4.78, 5) is 48.5. The summed E-state index contributed by atoms with van der Waals surface area (Å²) in [5.74, 6) is -1.79. The van der Waals surface area contributed by atoms with E-state index in [0.717, 1.165) is 60.3 Å². The van der Waals surface area contributed by atoms with Gasteiger partial charge in [-0.2, -0.15) is 0 Å². The molecular weight excluding hydrogens is 508 g/mol. The number of nitrogens with two attached hydrogens (primary N) is 1. The summed E-state index contributed by atoms with van der Waals surface area (Å²) in [5.41, 5.74) is 6.58. The normalized spacial score (nSPS) is 31.7. The summed E-state index contributed by atoms with van der Waals surface area (Å²) in [6, 6.07) is -0.890. The van der Waals surface area contributed by atoms with Crippen LogP contribution in [0.15, 0.2) is 21.8 Å². The van der Waals surface area contributed by atoms with Gasteiger partial charge in [-0.25, -0.2) is 9.78 Å². The molecule has 194 valence electrons. The van der Waals surface area contributed by atoms with Crippen molar-refractivity contribution >= 4 is 51.7 Å². The Kier molecular flexibility index (Phi) is 6.47. The van der Waals surface area contributed by atoms with Crippen LogP contribution >= 0.6 is 23.1 Å². The third-order valence-corrected chi connectivity index (χ3v) is 9.92. The number of aromatic nitrogens is 1. The van der Waals surface area contributed by atoms with Gasteiger partial charge in [0.15, 0.2) is 10.8 Å². The highest BCUT2D eigenvalue weighted by molar-refractivity contribution is 8.00. The molecule has 5 N–H and O–H groups in total. The number of β-lactam (4-membered cyclic amide) rings is 1. The van der Waals surface area contributed by atoms with Crippen molar-refractivity contribution in [2.24, 2.45) is 10.6 Å². The van der Waals surface area contributed by atoms with Gasteiger partial charge in [-0.05, 0) is 0 Å². The number of aliphatic hydroxyl groups is 1. The summed E-state index contributed by atoms with van der Waals surface area (Å²) in [6.07, 6.45) is 2.80. The molecule has 6 rings (SSSR count). The Balaban J connectivity index is 1.32. The number of hydrogen-bond donors (Lipinski definition) is 4.